The maximum Gasteiger partial charge on any atom is 0.262 e. The molecule has 1 heterocycles. The molecule has 2 aromatic carbocycles. The van der Waals surface area contributed by atoms with Gasteiger partial charge in [-0.1, -0.05) is 26.0 Å². The summed E-state index contributed by atoms with van der Waals surface area (Å²) in [6, 6.07) is 12.0. The number of hydrogen-bond donors (Lipinski definition) is 1. The standard InChI is InChI=1S/C22H26N2O4S/c1-4-28-20-8-6-5-7-18(20)23-29(26,27)16-11-12-19-17(13-16)22(2,3)14-24(19)21(25)15-9-10-15/h5-8,11-13,15,23H,4,9-10,14H2,1-3H3. The lowest BCUT2D eigenvalue weighted by Gasteiger charge is -2.20. The van der Waals surface area contributed by atoms with Crippen LogP contribution in [0.1, 0.15) is 39.2 Å². The molecule has 0 bridgehead atoms. The Labute approximate surface area is 171 Å². The van der Waals surface area contributed by atoms with Crippen molar-refractivity contribution >= 4 is 27.3 Å². The third-order valence-corrected chi connectivity index (χ3v) is 6.84. The molecule has 1 saturated carbocycles. The maximum absolute atomic E-state index is 13.1. The molecule has 0 unspecified atom stereocenters. The molecule has 2 aliphatic rings. The van der Waals surface area contributed by atoms with E-state index in [9.17, 15) is 13.2 Å². The Morgan fingerprint density at radius 1 is 1.21 bits per heavy atom. The first-order valence-electron chi connectivity index (χ1n) is 9.93. The monoisotopic (exact) mass is 414 g/mol. The van der Waals surface area contributed by atoms with E-state index >= 15 is 0 Å². The van der Waals surface area contributed by atoms with Gasteiger partial charge in [-0.2, -0.15) is 0 Å². The Morgan fingerprint density at radius 2 is 1.93 bits per heavy atom. The van der Waals surface area contributed by atoms with Crippen LogP contribution in [0.25, 0.3) is 0 Å². The third-order valence-electron chi connectivity index (χ3n) is 5.48. The number of fused-ring (bicyclic) bond motifs is 1. The summed E-state index contributed by atoms with van der Waals surface area (Å²) in [5.41, 5.74) is 1.79. The molecule has 1 amide bonds. The Balaban J connectivity index is 1.67. The minimum absolute atomic E-state index is 0.122. The molecule has 154 valence electrons. The van der Waals surface area contributed by atoms with Crippen LogP contribution in [-0.2, 0) is 20.2 Å². The number of rotatable bonds is 6. The lowest BCUT2D eigenvalue weighted by Crippen LogP contribution is -2.34. The first-order chi connectivity index (χ1) is 13.7. The first kappa shape index (κ1) is 19.8. The average molecular weight is 415 g/mol. The molecule has 0 saturated heterocycles. The molecule has 29 heavy (non-hydrogen) atoms. The minimum atomic E-state index is -3.80. The van der Waals surface area contributed by atoms with Gasteiger partial charge < -0.3 is 9.64 Å². The SMILES string of the molecule is CCOc1ccccc1NS(=O)(=O)c1ccc2c(c1)C(C)(C)CN2C(=O)C1CC1. The summed E-state index contributed by atoms with van der Waals surface area (Å²) in [5, 5.41) is 0. The summed E-state index contributed by atoms with van der Waals surface area (Å²) >= 11 is 0. The Bertz CT molecular complexity index is 1060. The van der Waals surface area contributed by atoms with Crippen LogP contribution in [0.15, 0.2) is 47.4 Å². The third kappa shape index (κ3) is 3.71. The van der Waals surface area contributed by atoms with E-state index in [-0.39, 0.29) is 22.1 Å². The molecule has 4 rings (SSSR count). The molecule has 0 atom stereocenters. The van der Waals surface area contributed by atoms with E-state index < -0.39 is 10.0 Å². The molecule has 7 heteroatoms. The molecule has 1 fully saturated rings. The Hall–Kier alpha value is -2.54. The summed E-state index contributed by atoms with van der Waals surface area (Å²) in [6.07, 6.45) is 1.89. The lowest BCUT2D eigenvalue weighted by atomic mass is 9.87. The number of carbonyl (C=O) groups is 1. The number of amides is 1. The smallest absolute Gasteiger partial charge is 0.262 e. The number of benzene rings is 2. The predicted molar refractivity (Wildman–Crippen MR) is 113 cm³/mol. The van der Waals surface area contributed by atoms with Gasteiger partial charge in [0.2, 0.25) is 5.91 Å². The van der Waals surface area contributed by atoms with Crippen LogP contribution in [0.2, 0.25) is 0 Å². The highest BCUT2D eigenvalue weighted by Gasteiger charge is 2.43. The number of hydrogen-bond acceptors (Lipinski definition) is 4. The zero-order valence-corrected chi connectivity index (χ0v) is 17.8. The summed E-state index contributed by atoms with van der Waals surface area (Å²) < 4.78 is 34.3. The molecule has 0 radical (unpaired) electrons. The number of sulfonamides is 1. The van der Waals surface area contributed by atoms with E-state index in [4.69, 9.17) is 4.74 Å². The van der Waals surface area contributed by atoms with Crippen LogP contribution in [-0.4, -0.2) is 27.5 Å². The Morgan fingerprint density at radius 3 is 2.62 bits per heavy atom. The summed E-state index contributed by atoms with van der Waals surface area (Å²) in [5.74, 6) is 0.759. The van der Waals surface area contributed by atoms with Crippen molar-refractivity contribution in [3.05, 3.63) is 48.0 Å². The molecular formula is C22H26N2O4S. The highest BCUT2D eigenvalue weighted by Crippen LogP contribution is 2.44. The van der Waals surface area contributed by atoms with Crippen LogP contribution in [0.5, 0.6) is 5.75 Å². The van der Waals surface area contributed by atoms with E-state index in [0.29, 0.717) is 24.6 Å². The van der Waals surface area contributed by atoms with Crippen LogP contribution in [0, 0.1) is 5.92 Å². The van der Waals surface area contributed by atoms with Crippen molar-refractivity contribution in [2.75, 3.05) is 22.8 Å². The fraction of sp³-hybridized carbons (Fsp3) is 0.409. The van der Waals surface area contributed by atoms with Gasteiger partial charge >= 0.3 is 0 Å². The summed E-state index contributed by atoms with van der Waals surface area (Å²) in [6.45, 7) is 6.95. The van der Waals surface area contributed by atoms with E-state index in [2.05, 4.69) is 4.72 Å². The second-order valence-corrected chi connectivity index (χ2v) is 9.98. The number of ether oxygens (including phenoxy) is 1. The van der Waals surface area contributed by atoms with Gasteiger partial charge in [-0.25, -0.2) is 8.42 Å². The molecule has 1 aliphatic carbocycles. The number of carbonyl (C=O) groups excluding carboxylic acids is 1. The number of nitrogens with one attached hydrogen (secondary N) is 1. The van der Waals surface area contributed by atoms with Gasteiger partial charge in [0.1, 0.15) is 5.75 Å². The van der Waals surface area contributed by atoms with Crippen molar-refractivity contribution < 1.29 is 17.9 Å². The van der Waals surface area contributed by atoms with Crippen molar-refractivity contribution in [3.63, 3.8) is 0 Å². The summed E-state index contributed by atoms with van der Waals surface area (Å²) in [7, 11) is -3.80. The highest BCUT2D eigenvalue weighted by atomic mass is 32.2. The predicted octanol–water partition coefficient (Wildman–Crippen LogP) is 3.92. The number of anilines is 2. The molecule has 6 nitrogen and oxygen atoms in total. The highest BCUT2D eigenvalue weighted by molar-refractivity contribution is 7.92. The zero-order valence-electron chi connectivity index (χ0n) is 16.9. The van der Waals surface area contributed by atoms with Gasteiger partial charge in [0, 0.05) is 23.6 Å². The quantitative estimate of drug-likeness (QED) is 0.777. The van der Waals surface area contributed by atoms with E-state index in [1.54, 1.807) is 42.5 Å². The molecule has 0 spiro atoms. The molecule has 1 N–H and O–H groups in total. The fourth-order valence-electron chi connectivity index (χ4n) is 3.81. The van der Waals surface area contributed by atoms with Crippen molar-refractivity contribution in [1.29, 1.82) is 0 Å². The molecule has 0 aromatic heterocycles. The van der Waals surface area contributed by atoms with Gasteiger partial charge in [0.05, 0.1) is 17.2 Å². The zero-order chi connectivity index (χ0) is 20.8. The van der Waals surface area contributed by atoms with E-state index in [1.807, 2.05) is 25.7 Å². The number of nitrogens with zero attached hydrogens (tertiary/aromatic N) is 1. The second kappa shape index (κ2) is 7.06. The van der Waals surface area contributed by atoms with Crippen LogP contribution >= 0.6 is 0 Å². The Kier molecular flexibility index (Phi) is 4.81. The van der Waals surface area contributed by atoms with Crippen molar-refractivity contribution in [3.8, 4) is 5.75 Å². The van der Waals surface area contributed by atoms with Crippen molar-refractivity contribution in [2.45, 2.75) is 43.9 Å². The fourth-order valence-corrected chi connectivity index (χ4v) is 4.90. The van der Waals surface area contributed by atoms with Gasteiger partial charge in [0.15, 0.2) is 0 Å². The minimum Gasteiger partial charge on any atom is -0.492 e. The average Bonchev–Trinajstić information content (AvgIpc) is 3.48. The van der Waals surface area contributed by atoms with Crippen LogP contribution < -0.4 is 14.4 Å². The topological polar surface area (TPSA) is 75.7 Å². The second-order valence-electron chi connectivity index (χ2n) is 8.30. The van der Waals surface area contributed by atoms with Crippen molar-refractivity contribution in [2.24, 2.45) is 5.92 Å². The van der Waals surface area contributed by atoms with Gasteiger partial charge in [-0.05, 0) is 55.7 Å². The first-order valence-corrected chi connectivity index (χ1v) is 11.4. The normalized spacial score (nSPS) is 17.7. The molecular weight excluding hydrogens is 388 g/mol. The molecule has 2 aromatic rings. The summed E-state index contributed by atoms with van der Waals surface area (Å²) in [4.78, 5) is 14.7. The number of para-hydroxylation sites is 2. The van der Waals surface area contributed by atoms with Crippen molar-refractivity contribution in [1.82, 2.24) is 0 Å². The van der Waals surface area contributed by atoms with Crippen LogP contribution in [0.4, 0.5) is 11.4 Å². The maximum atomic E-state index is 13.1. The molecule has 1 aliphatic heterocycles. The van der Waals surface area contributed by atoms with Crippen LogP contribution in [0.3, 0.4) is 0 Å². The van der Waals surface area contributed by atoms with Gasteiger partial charge in [0.25, 0.3) is 10.0 Å². The van der Waals surface area contributed by atoms with E-state index in [0.717, 1.165) is 24.1 Å². The largest absolute Gasteiger partial charge is 0.492 e. The van der Waals surface area contributed by atoms with E-state index in [1.165, 1.54) is 0 Å². The van der Waals surface area contributed by atoms with Gasteiger partial charge in [-0.15, -0.1) is 0 Å². The lowest BCUT2D eigenvalue weighted by molar-refractivity contribution is -0.119. The van der Waals surface area contributed by atoms with Gasteiger partial charge in [-0.3, -0.25) is 9.52 Å².